The minimum atomic E-state index is -0.0300. The van der Waals surface area contributed by atoms with Gasteiger partial charge in [-0.1, -0.05) is 42.0 Å². The molecule has 0 spiro atoms. The van der Waals surface area contributed by atoms with Gasteiger partial charge in [0, 0.05) is 24.9 Å². The maximum Gasteiger partial charge on any atom is 0.220 e. The fraction of sp³-hybridized carbons (Fsp3) is 0.304. The first-order chi connectivity index (χ1) is 13.5. The number of carbonyl (C=O) groups excluding carboxylic acids is 1. The van der Waals surface area contributed by atoms with Crippen LogP contribution in [0, 0.1) is 6.92 Å². The Morgan fingerprint density at radius 3 is 2.50 bits per heavy atom. The number of hydrogen-bond acceptors (Lipinski definition) is 4. The first-order valence-corrected chi connectivity index (χ1v) is 9.53. The van der Waals surface area contributed by atoms with Crippen LogP contribution in [0.4, 0.5) is 0 Å². The summed E-state index contributed by atoms with van der Waals surface area (Å²) >= 11 is 0. The molecule has 0 atom stereocenters. The van der Waals surface area contributed by atoms with Gasteiger partial charge in [-0.25, -0.2) is 4.98 Å². The molecule has 1 heterocycles. The Hall–Kier alpha value is -3.08. The summed E-state index contributed by atoms with van der Waals surface area (Å²) in [5.41, 5.74) is 3.21. The smallest absolute Gasteiger partial charge is 0.220 e. The number of ether oxygens (including phenoxy) is 1. The van der Waals surface area contributed by atoms with Crippen LogP contribution in [0.5, 0.6) is 5.75 Å². The van der Waals surface area contributed by atoms with Crippen molar-refractivity contribution in [2.75, 3.05) is 0 Å². The first-order valence-electron chi connectivity index (χ1n) is 9.53. The van der Waals surface area contributed by atoms with Gasteiger partial charge >= 0.3 is 0 Å². The Kier molecular flexibility index (Phi) is 6.48. The van der Waals surface area contributed by atoms with Gasteiger partial charge in [0.1, 0.15) is 5.75 Å². The summed E-state index contributed by atoms with van der Waals surface area (Å²) in [6.07, 6.45) is 2.66. The second-order valence-electron chi connectivity index (χ2n) is 7.07. The maximum atomic E-state index is 12.1. The van der Waals surface area contributed by atoms with Crippen LogP contribution in [0.15, 0.2) is 59.1 Å². The van der Waals surface area contributed by atoms with Crippen molar-refractivity contribution in [3.8, 4) is 17.1 Å². The zero-order valence-electron chi connectivity index (χ0n) is 16.6. The average Bonchev–Trinajstić information content (AvgIpc) is 3.15. The lowest BCUT2D eigenvalue weighted by atomic mass is 10.1. The van der Waals surface area contributed by atoms with Gasteiger partial charge in [0.15, 0.2) is 11.7 Å². The van der Waals surface area contributed by atoms with Gasteiger partial charge in [-0.05, 0) is 38.5 Å². The molecule has 1 aromatic heterocycles. The normalized spacial score (nSPS) is 10.9. The van der Waals surface area contributed by atoms with Gasteiger partial charge in [-0.2, -0.15) is 0 Å². The molecule has 1 amide bonds. The number of oxazole rings is 1. The summed E-state index contributed by atoms with van der Waals surface area (Å²) in [5, 5.41) is 2.92. The molecular weight excluding hydrogens is 352 g/mol. The first kappa shape index (κ1) is 19.7. The molecule has 0 aliphatic heterocycles. The third-order valence-corrected chi connectivity index (χ3v) is 4.24. The van der Waals surface area contributed by atoms with Gasteiger partial charge in [0.25, 0.3) is 0 Å². The molecule has 0 aliphatic rings. The molecule has 3 rings (SSSR count). The molecule has 5 nitrogen and oxygen atoms in total. The summed E-state index contributed by atoms with van der Waals surface area (Å²) in [6, 6.07) is 15.8. The summed E-state index contributed by atoms with van der Waals surface area (Å²) in [5.74, 6) is 2.09. The summed E-state index contributed by atoms with van der Waals surface area (Å²) < 4.78 is 11.4. The van der Waals surface area contributed by atoms with E-state index in [-0.39, 0.29) is 12.0 Å². The van der Waals surface area contributed by atoms with Crippen molar-refractivity contribution in [2.45, 2.75) is 46.3 Å². The molecule has 3 aromatic rings. The lowest BCUT2D eigenvalue weighted by Gasteiger charge is -2.10. The van der Waals surface area contributed by atoms with Crippen molar-refractivity contribution in [2.24, 2.45) is 0 Å². The number of hydrogen-bond donors (Lipinski definition) is 1. The second-order valence-corrected chi connectivity index (χ2v) is 7.07. The number of aryl methyl sites for hydroxylation is 2. The lowest BCUT2D eigenvalue weighted by molar-refractivity contribution is -0.121. The van der Waals surface area contributed by atoms with E-state index in [1.165, 1.54) is 5.56 Å². The molecule has 0 unspecified atom stereocenters. The van der Waals surface area contributed by atoms with E-state index in [2.05, 4.69) is 10.3 Å². The molecule has 0 fully saturated rings. The molecular formula is C23H26N2O3. The van der Waals surface area contributed by atoms with Crippen molar-refractivity contribution in [1.82, 2.24) is 10.3 Å². The number of amides is 1. The largest absolute Gasteiger partial charge is 0.491 e. The predicted molar refractivity (Wildman–Crippen MR) is 109 cm³/mol. The zero-order valence-corrected chi connectivity index (χ0v) is 16.6. The van der Waals surface area contributed by atoms with Gasteiger partial charge in [-0.15, -0.1) is 0 Å². The fourth-order valence-electron chi connectivity index (χ4n) is 2.74. The summed E-state index contributed by atoms with van der Waals surface area (Å²) in [4.78, 5) is 16.4. The molecule has 28 heavy (non-hydrogen) atoms. The van der Waals surface area contributed by atoms with E-state index >= 15 is 0 Å². The van der Waals surface area contributed by atoms with Crippen LogP contribution in [0.2, 0.25) is 0 Å². The second kappa shape index (κ2) is 9.22. The minimum absolute atomic E-state index is 0.0300. The number of rotatable bonds is 8. The van der Waals surface area contributed by atoms with Gasteiger partial charge in [-0.3, -0.25) is 4.79 Å². The average molecular weight is 378 g/mol. The van der Waals surface area contributed by atoms with Crippen LogP contribution in [-0.2, 0) is 17.8 Å². The highest BCUT2D eigenvalue weighted by Crippen LogP contribution is 2.21. The van der Waals surface area contributed by atoms with E-state index < -0.39 is 0 Å². The molecule has 0 radical (unpaired) electrons. The van der Waals surface area contributed by atoms with Crippen LogP contribution >= 0.6 is 0 Å². The van der Waals surface area contributed by atoms with Crippen molar-refractivity contribution >= 4 is 5.91 Å². The van der Waals surface area contributed by atoms with Crippen molar-refractivity contribution in [3.05, 3.63) is 71.7 Å². The lowest BCUT2D eigenvalue weighted by Crippen LogP contribution is -2.23. The number of nitrogens with zero attached hydrogens (tertiary/aromatic N) is 1. The molecule has 1 N–H and O–H groups in total. The molecule has 146 valence electrons. The van der Waals surface area contributed by atoms with E-state index in [1.54, 1.807) is 6.20 Å². The molecule has 0 saturated heterocycles. The topological polar surface area (TPSA) is 64.4 Å². The van der Waals surface area contributed by atoms with E-state index in [1.807, 2.05) is 69.3 Å². The highest BCUT2D eigenvalue weighted by Gasteiger charge is 2.09. The monoisotopic (exact) mass is 378 g/mol. The Labute approximate surface area is 165 Å². The quantitative estimate of drug-likeness (QED) is 0.618. The number of carbonyl (C=O) groups is 1. The number of aromatic nitrogens is 1. The van der Waals surface area contributed by atoms with Crippen molar-refractivity contribution in [1.29, 1.82) is 0 Å². The van der Waals surface area contributed by atoms with Crippen molar-refractivity contribution < 1.29 is 13.9 Å². The predicted octanol–water partition coefficient (Wildman–Crippen LogP) is 4.69. The highest BCUT2D eigenvalue weighted by atomic mass is 16.5. The minimum Gasteiger partial charge on any atom is -0.491 e. The van der Waals surface area contributed by atoms with Gasteiger partial charge in [0.2, 0.25) is 5.91 Å². The summed E-state index contributed by atoms with van der Waals surface area (Å²) in [7, 11) is 0. The van der Waals surface area contributed by atoms with Crippen LogP contribution < -0.4 is 10.1 Å². The summed E-state index contributed by atoms with van der Waals surface area (Å²) in [6.45, 7) is 6.51. The Morgan fingerprint density at radius 2 is 1.82 bits per heavy atom. The molecule has 0 aliphatic carbocycles. The van der Waals surface area contributed by atoms with Crippen LogP contribution in [0.1, 0.15) is 37.3 Å². The van der Waals surface area contributed by atoms with Crippen molar-refractivity contribution in [3.63, 3.8) is 0 Å². The Balaban J connectivity index is 1.45. The van der Waals surface area contributed by atoms with Gasteiger partial charge < -0.3 is 14.5 Å². The standard InChI is InChI=1S/C23H26N2O3/c1-16(2)27-20-10-6-18(7-11-20)14-24-22(26)12-13-23-25-15-21(28-23)19-8-4-17(3)5-9-19/h4-11,15-16H,12-14H2,1-3H3,(H,24,26). The zero-order chi connectivity index (χ0) is 19.9. The van der Waals surface area contributed by atoms with Gasteiger partial charge in [0.05, 0.1) is 12.3 Å². The van der Waals surface area contributed by atoms with E-state index in [0.29, 0.717) is 25.3 Å². The SMILES string of the molecule is Cc1ccc(-c2cnc(CCC(=O)NCc3ccc(OC(C)C)cc3)o2)cc1. The third kappa shape index (κ3) is 5.71. The highest BCUT2D eigenvalue weighted by molar-refractivity contribution is 5.76. The fourth-order valence-corrected chi connectivity index (χ4v) is 2.74. The molecule has 5 heteroatoms. The molecule has 2 aromatic carbocycles. The van der Waals surface area contributed by atoms with E-state index in [4.69, 9.17) is 9.15 Å². The maximum absolute atomic E-state index is 12.1. The van der Waals surface area contributed by atoms with Crippen LogP contribution in [-0.4, -0.2) is 17.0 Å². The van der Waals surface area contributed by atoms with E-state index in [0.717, 1.165) is 22.6 Å². The van der Waals surface area contributed by atoms with Crippen LogP contribution in [0.3, 0.4) is 0 Å². The Morgan fingerprint density at radius 1 is 1.11 bits per heavy atom. The number of nitrogens with one attached hydrogen (secondary N) is 1. The third-order valence-electron chi connectivity index (χ3n) is 4.24. The molecule has 0 saturated carbocycles. The molecule has 0 bridgehead atoms. The van der Waals surface area contributed by atoms with Crippen LogP contribution in [0.25, 0.3) is 11.3 Å². The Bertz CT molecular complexity index is 896. The number of benzene rings is 2. The van der Waals surface area contributed by atoms with E-state index in [9.17, 15) is 4.79 Å².